The van der Waals surface area contributed by atoms with Gasteiger partial charge in [-0.15, -0.1) is 10.2 Å². The van der Waals surface area contributed by atoms with Crippen molar-refractivity contribution in [2.24, 2.45) is 0 Å². The Hall–Kier alpha value is -4.93. The van der Waals surface area contributed by atoms with E-state index in [1.807, 2.05) is 18.2 Å². The molecule has 1 atom stereocenters. The minimum absolute atomic E-state index is 0.0544. The first-order chi connectivity index (χ1) is 21.5. The van der Waals surface area contributed by atoms with Gasteiger partial charge in [-0.05, 0) is 58.3 Å². The van der Waals surface area contributed by atoms with Crippen LogP contribution >= 0.6 is 23.1 Å². The van der Waals surface area contributed by atoms with Gasteiger partial charge in [-0.25, -0.2) is 0 Å². The highest BCUT2D eigenvalue weighted by Gasteiger charge is 2.48. The lowest BCUT2D eigenvalue weighted by atomic mass is 9.95. The Bertz CT molecular complexity index is 1900. The third-order valence-electron chi connectivity index (χ3n) is 7.18. The number of hydrogen-bond donors (Lipinski definition) is 1. The van der Waals surface area contributed by atoms with E-state index < -0.39 is 17.7 Å². The molecule has 10 heteroatoms. The summed E-state index contributed by atoms with van der Waals surface area (Å²) >= 11 is 2.73. The minimum atomic E-state index is -0.965. The van der Waals surface area contributed by atoms with Gasteiger partial charge < -0.3 is 14.6 Å². The van der Waals surface area contributed by atoms with Crippen LogP contribution in [-0.4, -0.2) is 40.7 Å². The minimum Gasteiger partial charge on any atom is -0.507 e. The van der Waals surface area contributed by atoms with Crippen LogP contribution in [0.4, 0.5) is 5.13 Å². The SMILES string of the molecule is C=CCOc1cccc(C2C(=C(O)c3ccc(OC)cc3)C(=O)C(=O)N2c2nnc(SCc3cccc4ccccc34)s2)c1. The Balaban J connectivity index is 1.38. The molecule has 220 valence electrons. The van der Waals surface area contributed by atoms with Gasteiger partial charge in [0.05, 0.1) is 18.7 Å². The molecule has 1 aromatic heterocycles. The summed E-state index contributed by atoms with van der Waals surface area (Å²) in [5, 5.41) is 22.7. The highest BCUT2D eigenvalue weighted by Crippen LogP contribution is 2.45. The van der Waals surface area contributed by atoms with E-state index in [4.69, 9.17) is 9.47 Å². The van der Waals surface area contributed by atoms with Crippen molar-refractivity contribution in [2.45, 2.75) is 16.1 Å². The normalized spacial score (nSPS) is 15.9. The van der Waals surface area contributed by atoms with E-state index >= 15 is 0 Å². The second-order valence-corrected chi connectivity index (χ2v) is 12.0. The van der Waals surface area contributed by atoms with Gasteiger partial charge in [0, 0.05) is 11.3 Å². The molecule has 0 radical (unpaired) electrons. The Kier molecular flexibility index (Phi) is 8.44. The van der Waals surface area contributed by atoms with Crippen LogP contribution in [0.3, 0.4) is 0 Å². The van der Waals surface area contributed by atoms with Crippen LogP contribution in [0, 0.1) is 0 Å². The largest absolute Gasteiger partial charge is 0.507 e. The average Bonchev–Trinajstić information content (AvgIpc) is 3.64. The number of rotatable bonds is 10. The number of fused-ring (bicyclic) bond motifs is 1. The van der Waals surface area contributed by atoms with Gasteiger partial charge >= 0.3 is 5.91 Å². The summed E-state index contributed by atoms with van der Waals surface area (Å²) in [6, 6.07) is 27.1. The van der Waals surface area contributed by atoms with E-state index in [-0.39, 0.29) is 23.1 Å². The molecule has 5 aromatic rings. The number of aromatic nitrogens is 2. The third-order valence-corrected chi connectivity index (χ3v) is 9.29. The molecule has 1 amide bonds. The van der Waals surface area contributed by atoms with Gasteiger partial charge in [-0.2, -0.15) is 0 Å². The molecule has 4 aromatic carbocycles. The fourth-order valence-corrected chi connectivity index (χ4v) is 6.97. The molecule has 0 saturated carbocycles. The molecule has 1 aliphatic heterocycles. The molecule has 44 heavy (non-hydrogen) atoms. The molecule has 1 N–H and O–H groups in total. The van der Waals surface area contributed by atoms with Crippen LogP contribution in [0.25, 0.3) is 16.5 Å². The van der Waals surface area contributed by atoms with Crippen molar-refractivity contribution in [1.82, 2.24) is 10.2 Å². The zero-order valence-electron chi connectivity index (χ0n) is 23.7. The van der Waals surface area contributed by atoms with E-state index in [9.17, 15) is 14.7 Å². The van der Waals surface area contributed by atoms with Crippen molar-refractivity contribution in [2.75, 3.05) is 18.6 Å². The lowest BCUT2D eigenvalue weighted by Gasteiger charge is -2.23. The summed E-state index contributed by atoms with van der Waals surface area (Å²) in [7, 11) is 1.54. The molecule has 0 aliphatic carbocycles. The van der Waals surface area contributed by atoms with Gasteiger partial charge in [0.1, 0.15) is 23.9 Å². The Morgan fingerprint density at radius 3 is 2.57 bits per heavy atom. The van der Waals surface area contributed by atoms with Crippen LogP contribution in [-0.2, 0) is 15.3 Å². The van der Waals surface area contributed by atoms with Gasteiger partial charge in [-0.3, -0.25) is 14.5 Å². The number of ether oxygens (including phenoxy) is 2. The van der Waals surface area contributed by atoms with Gasteiger partial charge in [0.15, 0.2) is 4.34 Å². The fraction of sp³-hybridized carbons (Fsp3) is 0.118. The number of benzene rings is 4. The standard InChI is InChI=1S/C34H27N3O5S2/c1-3-18-42-26-12-7-10-23(19-26)29-28(30(38)22-14-16-25(41-2)17-15-22)31(39)32(40)37(29)33-35-36-34(44-33)43-20-24-11-6-9-21-8-4-5-13-27(21)24/h3-17,19,29,38H,1,18,20H2,2H3. The number of aliphatic hydroxyl groups excluding tert-OH is 1. The zero-order valence-corrected chi connectivity index (χ0v) is 25.3. The number of methoxy groups -OCH3 is 1. The number of hydrogen-bond acceptors (Lipinski definition) is 9. The number of Topliss-reactive ketones (excluding diaryl/α,β-unsaturated/α-hetero) is 1. The number of ketones is 1. The lowest BCUT2D eigenvalue weighted by molar-refractivity contribution is -0.132. The van der Waals surface area contributed by atoms with Crippen LogP contribution in [0.5, 0.6) is 11.5 Å². The Morgan fingerprint density at radius 2 is 1.77 bits per heavy atom. The number of anilines is 1. The smallest absolute Gasteiger partial charge is 0.301 e. The first-order valence-electron chi connectivity index (χ1n) is 13.7. The second kappa shape index (κ2) is 12.7. The van der Waals surface area contributed by atoms with Crippen molar-refractivity contribution in [3.05, 3.63) is 126 Å². The molecule has 2 heterocycles. The van der Waals surface area contributed by atoms with Crippen LogP contribution < -0.4 is 14.4 Å². The number of amides is 1. The molecular weight excluding hydrogens is 595 g/mol. The van der Waals surface area contributed by atoms with Gasteiger partial charge in [-0.1, -0.05) is 90.4 Å². The van der Waals surface area contributed by atoms with Crippen LogP contribution in [0.1, 0.15) is 22.7 Å². The number of carbonyl (C=O) groups excluding carboxylic acids is 2. The predicted octanol–water partition coefficient (Wildman–Crippen LogP) is 7.18. The van der Waals surface area contributed by atoms with E-state index in [2.05, 4.69) is 41.0 Å². The summed E-state index contributed by atoms with van der Waals surface area (Å²) < 4.78 is 11.6. The van der Waals surface area contributed by atoms with Gasteiger partial charge in [0.25, 0.3) is 5.78 Å². The van der Waals surface area contributed by atoms with E-state index in [0.29, 0.717) is 32.7 Å². The van der Waals surface area contributed by atoms with Crippen molar-refractivity contribution < 1.29 is 24.2 Å². The molecule has 1 saturated heterocycles. The molecule has 1 fully saturated rings. The fourth-order valence-electron chi connectivity index (χ4n) is 5.10. The first-order valence-corrected chi connectivity index (χ1v) is 15.5. The van der Waals surface area contributed by atoms with E-state index in [1.54, 1.807) is 61.7 Å². The third kappa shape index (κ3) is 5.69. The number of nitrogens with zero attached hydrogens (tertiary/aromatic N) is 3. The quantitative estimate of drug-likeness (QED) is 0.0437. The Morgan fingerprint density at radius 1 is 1.00 bits per heavy atom. The maximum atomic E-state index is 13.6. The summed E-state index contributed by atoms with van der Waals surface area (Å²) in [5.74, 6) is -0.150. The number of aliphatic hydroxyl groups is 1. The lowest BCUT2D eigenvalue weighted by Crippen LogP contribution is -2.29. The van der Waals surface area contributed by atoms with Crippen LogP contribution in [0.2, 0.25) is 0 Å². The number of carbonyl (C=O) groups is 2. The molecular formula is C34H27N3O5S2. The zero-order chi connectivity index (χ0) is 30.6. The molecule has 6 rings (SSSR count). The van der Waals surface area contributed by atoms with Crippen molar-refractivity contribution in [1.29, 1.82) is 0 Å². The average molecular weight is 622 g/mol. The summed E-state index contributed by atoms with van der Waals surface area (Å²) in [6.45, 7) is 3.97. The molecule has 0 spiro atoms. The Labute approximate surface area is 262 Å². The highest BCUT2D eigenvalue weighted by molar-refractivity contribution is 8.00. The molecule has 1 unspecified atom stereocenters. The molecule has 1 aliphatic rings. The molecule has 0 bridgehead atoms. The second-order valence-electron chi connectivity index (χ2n) is 9.85. The van der Waals surface area contributed by atoms with Gasteiger partial charge in [0.2, 0.25) is 5.13 Å². The maximum absolute atomic E-state index is 13.6. The topological polar surface area (TPSA) is 102 Å². The molecule has 8 nitrogen and oxygen atoms in total. The monoisotopic (exact) mass is 621 g/mol. The van der Waals surface area contributed by atoms with Crippen molar-refractivity contribution >= 4 is 56.5 Å². The maximum Gasteiger partial charge on any atom is 0.301 e. The predicted molar refractivity (Wildman–Crippen MR) is 173 cm³/mol. The van der Waals surface area contributed by atoms with Crippen molar-refractivity contribution in [3.8, 4) is 11.5 Å². The first kappa shape index (κ1) is 29.2. The highest BCUT2D eigenvalue weighted by atomic mass is 32.2. The van der Waals surface area contributed by atoms with Crippen LogP contribution in [0.15, 0.2) is 114 Å². The summed E-state index contributed by atoms with van der Waals surface area (Å²) in [5.41, 5.74) is 2.04. The van der Waals surface area contributed by atoms with E-state index in [1.165, 1.54) is 28.0 Å². The number of thioether (sulfide) groups is 1. The summed E-state index contributed by atoms with van der Waals surface area (Å²) in [4.78, 5) is 28.5. The van der Waals surface area contributed by atoms with E-state index in [0.717, 1.165) is 16.3 Å². The van der Waals surface area contributed by atoms with Crippen molar-refractivity contribution in [3.63, 3.8) is 0 Å². The summed E-state index contributed by atoms with van der Waals surface area (Å²) in [6.07, 6.45) is 1.63.